The smallest absolute Gasteiger partial charge is 0.274 e. The zero-order chi connectivity index (χ0) is 17.3. The Labute approximate surface area is 137 Å². The van der Waals surface area contributed by atoms with Gasteiger partial charge in [0.05, 0.1) is 17.2 Å². The molecule has 0 aliphatic rings. The van der Waals surface area contributed by atoms with Gasteiger partial charge in [0.1, 0.15) is 5.65 Å². The Hall–Kier alpha value is -3.22. The Morgan fingerprint density at radius 3 is 2.79 bits per heavy atom. The lowest BCUT2D eigenvalue weighted by Crippen LogP contribution is -2.17. The Balaban J connectivity index is 1.89. The number of fused-ring (bicyclic) bond motifs is 1. The molecule has 7 heteroatoms. The summed E-state index contributed by atoms with van der Waals surface area (Å²) in [4.78, 5) is 27.2. The first-order valence-electron chi connectivity index (χ1n) is 7.42. The summed E-state index contributed by atoms with van der Waals surface area (Å²) in [7, 11) is 0. The van der Waals surface area contributed by atoms with Crippen molar-refractivity contribution in [2.45, 2.75) is 20.4 Å². The molecule has 0 spiro atoms. The second-order valence-corrected chi connectivity index (χ2v) is 5.58. The van der Waals surface area contributed by atoms with Gasteiger partial charge in [0.25, 0.3) is 11.2 Å². The van der Waals surface area contributed by atoms with Crippen molar-refractivity contribution in [3.63, 3.8) is 0 Å². The summed E-state index contributed by atoms with van der Waals surface area (Å²) in [6.45, 7) is 3.90. The van der Waals surface area contributed by atoms with E-state index in [0.29, 0.717) is 29.1 Å². The van der Waals surface area contributed by atoms with Crippen molar-refractivity contribution in [3.05, 3.63) is 79.9 Å². The maximum Gasteiger partial charge on any atom is 0.274 e. The molecule has 0 fully saturated rings. The molecule has 0 saturated heterocycles. The zero-order valence-electron chi connectivity index (χ0n) is 13.3. The van der Waals surface area contributed by atoms with E-state index in [4.69, 9.17) is 0 Å². The van der Waals surface area contributed by atoms with E-state index in [0.717, 1.165) is 5.56 Å². The van der Waals surface area contributed by atoms with Gasteiger partial charge in [-0.1, -0.05) is 12.1 Å². The van der Waals surface area contributed by atoms with Crippen LogP contribution in [0.1, 0.15) is 16.8 Å². The topological polar surface area (TPSA) is 89.5 Å². The highest BCUT2D eigenvalue weighted by molar-refractivity contribution is 5.59. The van der Waals surface area contributed by atoms with Gasteiger partial charge in [-0.25, -0.2) is 4.98 Å². The summed E-state index contributed by atoms with van der Waals surface area (Å²) in [5.41, 5.74) is 3.23. The highest BCUT2D eigenvalue weighted by Crippen LogP contribution is 2.25. The lowest BCUT2D eigenvalue weighted by molar-refractivity contribution is -0.385. The van der Waals surface area contributed by atoms with Gasteiger partial charge in [-0.3, -0.25) is 19.3 Å². The predicted molar refractivity (Wildman–Crippen MR) is 91.4 cm³/mol. The standard InChI is InChI=1S/C17H16N4O3/c1-11-6-7-16-19-13(8-17(22)20(16)10-11)9-18-14-4-3-5-15(12(14)2)21(23)24/h3-8,10,18H,9H2,1-2H3. The van der Waals surface area contributed by atoms with Crippen molar-refractivity contribution < 1.29 is 4.92 Å². The number of aryl methyl sites for hydroxylation is 1. The first-order valence-corrected chi connectivity index (χ1v) is 7.42. The third-order valence-corrected chi connectivity index (χ3v) is 3.82. The lowest BCUT2D eigenvalue weighted by atomic mass is 10.1. The zero-order valence-corrected chi connectivity index (χ0v) is 13.3. The molecule has 0 aliphatic carbocycles. The van der Waals surface area contributed by atoms with Crippen molar-refractivity contribution in [1.29, 1.82) is 0 Å². The SMILES string of the molecule is Cc1ccc2nc(CNc3cccc([N+](=O)[O-])c3C)cc(=O)n2c1. The lowest BCUT2D eigenvalue weighted by Gasteiger charge is -2.10. The number of aromatic nitrogens is 2. The Kier molecular flexibility index (Phi) is 3.99. The van der Waals surface area contributed by atoms with Crippen LogP contribution in [0.2, 0.25) is 0 Å². The molecule has 7 nitrogen and oxygen atoms in total. The molecular formula is C17H16N4O3. The number of nitro groups is 1. The molecule has 2 heterocycles. The van der Waals surface area contributed by atoms with E-state index in [-0.39, 0.29) is 11.2 Å². The Morgan fingerprint density at radius 1 is 1.25 bits per heavy atom. The number of anilines is 1. The number of benzene rings is 1. The largest absolute Gasteiger partial charge is 0.379 e. The van der Waals surface area contributed by atoms with E-state index in [2.05, 4.69) is 10.3 Å². The molecule has 24 heavy (non-hydrogen) atoms. The van der Waals surface area contributed by atoms with E-state index in [9.17, 15) is 14.9 Å². The number of hydrogen-bond acceptors (Lipinski definition) is 5. The summed E-state index contributed by atoms with van der Waals surface area (Å²) in [6, 6.07) is 10.00. The fourth-order valence-electron chi connectivity index (χ4n) is 2.55. The minimum atomic E-state index is -0.413. The van der Waals surface area contributed by atoms with E-state index < -0.39 is 4.92 Å². The van der Waals surface area contributed by atoms with E-state index in [1.165, 1.54) is 16.5 Å². The average molecular weight is 324 g/mol. The quantitative estimate of drug-likeness (QED) is 0.589. The van der Waals surface area contributed by atoms with Crippen LogP contribution in [-0.4, -0.2) is 14.3 Å². The molecule has 0 unspecified atom stereocenters. The molecular weight excluding hydrogens is 308 g/mol. The highest BCUT2D eigenvalue weighted by atomic mass is 16.6. The molecule has 0 amide bonds. The normalized spacial score (nSPS) is 10.8. The third-order valence-electron chi connectivity index (χ3n) is 3.82. The summed E-state index contributed by atoms with van der Waals surface area (Å²) >= 11 is 0. The van der Waals surface area contributed by atoms with Crippen molar-refractivity contribution >= 4 is 17.0 Å². The molecule has 122 valence electrons. The fraction of sp³-hybridized carbons (Fsp3) is 0.176. The van der Waals surface area contributed by atoms with Gasteiger partial charge in [-0.15, -0.1) is 0 Å². The van der Waals surface area contributed by atoms with Crippen LogP contribution in [0.3, 0.4) is 0 Å². The van der Waals surface area contributed by atoms with Gasteiger partial charge in [-0.05, 0) is 31.5 Å². The molecule has 0 radical (unpaired) electrons. The van der Waals surface area contributed by atoms with Gasteiger partial charge in [0.15, 0.2) is 0 Å². The van der Waals surface area contributed by atoms with Gasteiger partial charge in [-0.2, -0.15) is 0 Å². The number of hydrogen-bond donors (Lipinski definition) is 1. The first kappa shape index (κ1) is 15.7. The van der Waals surface area contributed by atoms with Crippen molar-refractivity contribution in [1.82, 2.24) is 9.38 Å². The van der Waals surface area contributed by atoms with Crippen LogP contribution in [0.5, 0.6) is 0 Å². The van der Waals surface area contributed by atoms with Crippen molar-refractivity contribution in [2.24, 2.45) is 0 Å². The number of nitro benzene ring substituents is 1. The molecule has 0 saturated carbocycles. The maximum atomic E-state index is 12.2. The molecule has 2 aromatic heterocycles. The average Bonchev–Trinajstić information content (AvgIpc) is 2.54. The second-order valence-electron chi connectivity index (χ2n) is 5.58. The van der Waals surface area contributed by atoms with Gasteiger partial charge in [0, 0.05) is 29.6 Å². The Morgan fingerprint density at radius 2 is 2.04 bits per heavy atom. The van der Waals surface area contributed by atoms with Crippen molar-refractivity contribution in [3.8, 4) is 0 Å². The fourth-order valence-corrected chi connectivity index (χ4v) is 2.55. The predicted octanol–water partition coefficient (Wildman–Crippen LogP) is 2.83. The van der Waals surface area contributed by atoms with Crippen LogP contribution in [0.15, 0.2) is 47.4 Å². The van der Waals surface area contributed by atoms with Crippen LogP contribution in [-0.2, 0) is 6.54 Å². The number of nitrogens with one attached hydrogen (secondary N) is 1. The van der Waals surface area contributed by atoms with Crippen LogP contribution in [0, 0.1) is 24.0 Å². The van der Waals surface area contributed by atoms with Crippen LogP contribution in [0.25, 0.3) is 5.65 Å². The number of nitrogens with zero attached hydrogens (tertiary/aromatic N) is 3. The molecule has 0 bridgehead atoms. The minimum absolute atomic E-state index is 0.0574. The molecule has 3 aromatic rings. The molecule has 0 aliphatic heterocycles. The minimum Gasteiger partial charge on any atom is -0.379 e. The second kappa shape index (κ2) is 6.11. The number of pyridine rings is 1. The molecule has 3 rings (SSSR count). The Bertz CT molecular complexity index is 995. The highest BCUT2D eigenvalue weighted by Gasteiger charge is 2.13. The number of rotatable bonds is 4. The summed E-state index contributed by atoms with van der Waals surface area (Å²) in [5.74, 6) is 0. The van der Waals surface area contributed by atoms with E-state index in [1.807, 2.05) is 13.0 Å². The summed E-state index contributed by atoms with van der Waals surface area (Å²) in [5, 5.41) is 14.1. The van der Waals surface area contributed by atoms with Crippen LogP contribution < -0.4 is 10.9 Å². The summed E-state index contributed by atoms with van der Waals surface area (Å²) in [6.07, 6.45) is 1.74. The van der Waals surface area contributed by atoms with Gasteiger partial charge >= 0.3 is 0 Å². The molecule has 1 aromatic carbocycles. The van der Waals surface area contributed by atoms with Gasteiger partial charge in [0.2, 0.25) is 0 Å². The van der Waals surface area contributed by atoms with Gasteiger partial charge < -0.3 is 5.32 Å². The van der Waals surface area contributed by atoms with E-state index in [1.54, 1.807) is 31.3 Å². The summed E-state index contributed by atoms with van der Waals surface area (Å²) < 4.78 is 1.50. The van der Waals surface area contributed by atoms with Crippen LogP contribution >= 0.6 is 0 Å². The molecule has 1 N–H and O–H groups in total. The first-order chi connectivity index (χ1) is 11.5. The molecule has 0 atom stereocenters. The third kappa shape index (κ3) is 2.96. The van der Waals surface area contributed by atoms with Crippen molar-refractivity contribution in [2.75, 3.05) is 5.32 Å². The maximum absolute atomic E-state index is 12.2. The monoisotopic (exact) mass is 324 g/mol. The van der Waals surface area contributed by atoms with E-state index >= 15 is 0 Å². The van der Waals surface area contributed by atoms with Crippen LogP contribution in [0.4, 0.5) is 11.4 Å².